The number of unbranched alkanes of at least 4 members (excludes halogenated alkanes) is 1. The van der Waals surface area contributed by atoms with Crippen LogP contribution in [0.1, 0.15) is 142 Å². The second-order valence-corrected chi connectivity index (χ2v) is 19.9. The average molecular weight is 1070 g/mol. The quantitative estimate of drug-likeness (QED) is 0.0321. The van der Waals surface area contributed by atoms with Crippen LogP contribution in [0.5, 0.6) is 0 Å². The molecule has 4 aromatic rings. The Hall–Kier alpha value is -6.15. The van der Waals surface area contributed by atoms with Gasteiger partial charge >= 0.3 is 0 Å². The highest BCUT2D eigenvalue weighted by molar-refractivity contribution is 5.98. The number of aliphatic hydroxyl groups excluding tert-OH is 1. The van der Waals surface area contributed by atoms with Crippen LogP contribution in [0.2, 0.25) is 0 Å². The van der Waals surface area contributed by atoms with Crippen molar-refractivity contribution >= 4 is 29.9 Å². The minimum Gasteiger partial charge on any atom is -0.395 e. The third kappa shape index (κ3) is 19.3. The largest absolute Gasteiger partial charge is 0.395 e. The molecule has 2 unspecified atom stereocenters. The Morgan fingerprint density at radius 2 is 1.22 bits per heavy atom. The minimum absolute atomic E-state index is 0.000253. The van der Waals surface area contributed by atoms with E-state index in [0.29, 0.717) is 67.9 Å². The number of amides is 4. The standard InChI is InChI=1S/C34H49N3O4.C27H35N3O3.2C2H6/c1-5-9-19-41-20-18-37(8-4)34(40)30-17-13-12-16-28(30)23-31(38)36-32(33(39)35-24-25(6-2)7-3)29-21-26-14-10-11-15-27(26)22-29;1-19(18-32)30(17-23-11-7-8-12-25(23)27(33)29(4)13-14-31)20(2)26(28-3)24-15-21-9-5-6-10-22(21)16-24;2*1-2/h10-17,25,29,32H,5-9,18-24H2,1-4H3,(H,35,39)(H,36,38);5-12,18-19,24,26,28,31H,2,13-17H2,1,3-4H3;2*1-2H3/t;19-,26?;;/m.1../s1. The Morgan fingerprint density at radius 1 is 0.718 bits per heavy atom. The van der Waals surface area contributed by atoms with Crippen LogP contribution in [0.25, 0.3) is 0 Å². The van der Waals surface area contributed by atoms with Gasteiger partial charge in [-0.1, -0.05) is 159 Å². The first-order valence-corrected chi connectivity index (χ1v) is 29.0. The van der Waals surface area contributed by atoms with Gasteiger partial charge in [-0.3, -0.25) is 19.2 Å². The molecule has 0 aromatic heterocycles. The molecule has 0 bridgehead atoms. The molecule has 2 aliphatic rings. The number of rotatable bonds is 28. The van der Waals surface area contributed by atoms with E-state index in [-0.39, 0.29) is 55.2 Å². The summed E-state index contributed by atoms with van der Waals surface area (Å²) in [6.45, 7) is 26.0. The first-order chi connectivity index (χ1) is 37.8. The monoisotopic (exact) mass is 1070 g/mol. The zero-order valence-electron chi connectivity index (χ0n) is 49.2. The van der Waals surface area contributed by atoms with Crippen molar-refractivity contribution in [3.05, 3.63) is 154 Å². The molecule has 78 heavy (non-hydrogen) atoms. The van der Waals surface area contributed by atoms with Crippen LogP contribution in [0.15, 0.2) is 109 Å². The average Bonchev–Trinajstić information content (AvgIpc) is 4.12. The molecule has 13 heteroatoms. The van der Waals surface area contributed by atoms with Crippen molar-refractivity contribution in [3.8, 4) is 0 Å². The van der Waals surface area contributed by atoms with E-state index in [2.05, 4.69) is 79.7 Å². The van der Waals surface area contributed by atoms with Crippen molar-refractivity contribution in [2.45, 2.75) is 145 Å². The van der Waals surface area contributed by atoms with Gasteiger partial charge in [-0.2, -0.15) is 0 Å². The fourth-order valence-corrected chi connectivity index (χ4v) is 10.3. The van der Waals surface area contributed by atoms with Crippen molar-refractivity contribution in [1.82, 2.24) is 30.7 Å². The minimum atomic E-state index is -0.639. The van der Waals surface area contributed by atoms with Gasteiger partial charge in [0.15, 0.2) is 0 Å². The highest BCUT2D eigenvalue weighted by Gasteiger charge is 2.36. The molecular weight excluding hydrogens is 977 g/mol. The van der Waals surface area contributed by atoms with E-state index >= 15 is 0 Å². The molecule has 0 saturated heterocycles. The number of hydrogen-bond acceptors (Lipinski definition) is 9. The first kappa shape index (κ1) is 66.1. The molecule has 4 aromatic carbocycles. The molecule has 0 spiro atoms. The van der Waals surface area contributed by atoms with Crippen LogP contribution < -0.4 is 16.0 Å². The van der Waals surface area contributed by atoms with Crippen LogP contribution in [0, 0.1) is 17.8 Å². The van der Waals surface area contributed by atoms with E-state index in [0.717, 1.165) is 68.9 Å². The lowest BCUT2D eigenvalue weighted by molar-refractivity contribution is -0.130. The molecule has 0 radical (unpaired) electrons. The highest BCUT2D eigenvalue weighted by Crippen LogP contribution is 2.33. The normalized spacial score (nSPS) is 13.6. The number of nitrogens with one attached hydrogen (secondary N) is 3. The number of carbonyl (C=O) groups excluding carboxylic acids is 5. The van der Waals surface area contributed by atoms with Gasteiger partial charge in [-0.25, -0.2) is 0 Å². The fraction of sp³-hybridized carbons (Fsp3) is 0.523. The van der Waals surface area contributed by atoms with E-state index in [1.807, 2.05) is 102 Å². The SMILES string of the molecule is C=C(C(NC)C1Cc2ccccc2C1)N(Cc1ccccc1C(=O)N(C)CCO)[C@H](C)C=O.CC.CC.CCCCOCCN(CC)C(=O)c1ccccc1CC(=O)NC(C(=O)NCC(CC)CC)C1Cc2ccccc2C1. The van der Waals surface area contributed by atoms with Gasteiger partial charge < -0.3 is 45.3 Å². The van der Waals surface area contributed by atoms with Gasteiger partial charge in [-0.05, 0) is 116 Å². The third-order valence-corrected chi connectivity index (χ3v) is 14.9. The van der Waals surface area contributed by atoms with E-state index in [1.54, 1.807) is 24.1 Å². The molecule has 0 heterocycles. The Kier molecular flexibility index (Phi) is 30.6. The summed E-state index contributed by atoms with van der Waals surface area (Å²) in [5.41, 5.74) is 8.62. The van der Waals surface area contributed by atoms with Crippen molar-refractivity contribution in [1.29, 1.82) is 0 Å². The Bertz CT molecular complexity index is 2410. The topological polar surface area (TPSA) is 161 Å². The number of aldehydes is 1. The number of fused-ring (bicyclic) bond motifs is 2. The summed E-state index contributed by atoms with van der Waals surface area (Å²) in [5, 5.41) is 18.8. The van der Waals surface area contributed by atoms with Gasteiger partial charge in [0.25, 0.3) is 11.8 Å². The summed E-state index contributed by atoms with van der Waals surface area (Å²) >= 11 is 0. The lowest BCUT2D eigenvalue weighted by Crippen LogP contribution is -2.52. The van der Waals surface area contributed by atoms with E-state index < -0.39 is 12.1 Å². The molecule has 4 N–H and O–H groups in total. The van der Waals surface area contributed by atoms with Crippen LogP contribution in [-0.4, -0.2) is 128 Å². The highest BCUT2D eigenvalue weighted by atomic mass is 16.5. The maximum Gasteiger partial charge on any atom is 0.254 e. The van der Waals surface area contributed by atoms with Crippen LogP contribution >= 0.6 is 0 Å². The molecule has 0 saturated carbocycles. The summed E-state index contributed by atoms with van der Waals surface area (Å²) in [7, 11) is 3.61. The molecule has 13 nitrogen and oxygen atoms in total. The van der Waals surface area contributed by atoms with E-state index in [9.17, 15) is 29.1 Å². The molecule has 0 fully saturated rings. The lowest BCUT2D eigenvalue weighted by atomic mass is 9.92. The molecule has 428 valence electrons. The molecule has 4 amide bonds. The smallest absolute Gasteiger partial charge is 0.254 e. The number of ether oxygens (including phenoxy) is 1. The van der Waals surface area contributed by atoms with Gasteiger partial charge in [0.2, 0.25) is 11.8 Å². The Balaban J connectivity index is 0.000000393. The summed E-state index contributed by atoms with van der Waals surface area (Å²) in [4.78, 5) is 70.5. The summed E-state index contributed by atoms with van der Waals surface area (Å²) in [6.07, 6.45) is 8.44. The number of carbonyl (C=O) groups is 5. The molecule has 6 rings (SSSR count). The summed E-state index contributed by atoms with van der Waals surface area (Å²) in [6, 6.07) is 30.4. The Morgan fingerprint density at radius 3 is 1.71 bits per heavy atom. The second kappa shape index (κ2) is 36.1. The molecule has 3 atom stereocenters. The van der Waals surface area contributed by atoms with E-state index in [4.69, 9.17) is 4.74 Å². The molecule has 2 aliphatic carbocycles. The Labute approximate surface area is 469 Å². The van der Waals surface area contributed by atoms with Gasteiger partial charge in [0.1, 0.15) is 12.3 Å². The first-order valence-electron chi connectivity index (χ1n) is 29.0. The fourth-order valence-electron chi connectivity index (χ4n) is 10.3. The molecule has 0 aliphatic heterocycles. The van der Waals surface area contributed by atoms with Crippen molar-refractivity contribution in [2.75, 3.05) is 60.1 Å². The van der Waals surface area contributed by atoms with Crippen molar-refractivity contribution < 1.29 is 33.8 Å². The van der Waals surface area contributed by atoms with Crippen LogP contribution in [0.4, 0.5) is 0 Å². The number of likely N-dealkylation sites (N-methyl/N-ethyl adjacent to an activating group) is 3. The third-order valence-electron chi connectivity index (χ3n) is 14.9. The van der Waals surface area contributed by atoms with Crippen LogP contribution in [-0.2, 0) is 57.8 Å². The predicted molar refractivity (Wildman–Crippen MR) is 317 cm³/mol. The second-order valence-electron chi connectivity index (χ2n) is 19.9. The van der Waals surface area contributed by atoms with Gasteiger partial charge in [-0.15, -0.1) is 0 Å². The molecular formula is C65H96N6O7. The number of benzene rings is 4. The summed E-state index contributed by atoms with van der Waals surface area (Å²) < 4.78 is 5.68. The van der Waals surface area contributed by atoms with Crippen LogP contribution in [0.3, 0.4) is 0 Å². The summed E-state index contributed by atoms with van der Waals surface area (Å²) in [5.74, 6) is 0.0862. The number of aliphatic hydroxyl groups is 1. The van der Waals surface area contributed by atoms with Crippen molar-refractivity contribution in [2.24, 2.45) is 17.8 Å². The maximum absolute atomic E-state index is 13.5. The van der Waals surface area contributed by atoms with Crippen molar-refractivity contribution in [3.63, 3.8) is 0 Å². The zero-order valence-corrected chi connectivity index (χ0v) is 49.2. The lowest BCUT2D eigenvalue weighted by Gasteiger charge is -2.37. The van der Waals surface area contributed by atoms with Gasteiger partial charge in [0.05, 0.1) is 25.7 Å². The van der Waals surface area contributed by atoms with Gasteiger partial charge in [0, 0.05) is 69.2 Å². The van der Waals surface area contributed by atoms with E-state index in [1.165, 1.54) is 27.2 Å². The number of nitrogens with zero attached hydrogens (tertiary/aromatic N) is 3. The predicted octanol–water partition coefficient (Wildman–Crippen LogP) is 9.67. The zero-order chi connectivity index (χ0) is 57.6. The maximum atomic E-state index is 13.5. The number of hydrogen-bond donors (Lipinski definition) is 4.